The summed E-state index contributed by atoms with van der Waals surface area (Å²) in [5.41, 5.74) is 2.15. The number of para-hydroxylation sites is 1. The van der Waals surface area contributed by atoms with Gasteiger partial charge in [-0.15, -0.1) is 0 Å². The van der Waals surface area contributed by atoms with Gasteiger partial charge in [-0.25, -0.2) is 4.79 Å². The van der Waals surface area contributed by atoms with Crippen molar-refractivity contribution in [2.75, 3.05) is 13.2 Å². The first-order valence-electron chi connectivity index (χ1n) is 8.45. The molecular formula is C22H16Cl2O4. The monoisotopic (exact) mass is 414 g/mol. The molecule has 0 radical (unpaired) electrons. The predicted molar refractivity (Wildman–Crippen MR) is 109 cm³/mol. The number of ether oxygens (including phenoxy) is 2. The van der Waals surface area contributed by atoms with E-state index >= 15 is 0 Å². The maximum Gasteiger partial charge on any atom is 0.344 e. The summed E-state index contributed by atoms with van der Waals surface area (Å²) in [6.07, 6.45) is 0. The van der Waals surface area contributed by atoms with E-state index in [9.17, 15) is 9.59 Å². The van der Waals surface area contributed by atoms with Gasteiger partial charge in [0, 0.05) is 11.1 Å². The molecule has 0 heterocycles. The quantitative estimate of drug-likeness (QED) is 0.380. The molecule has 0 atom stereocenters. The van der Waals surface area contributed by atoms with Crippen LogP contribution in [0.4, 0.5) is 0 Å². The minimum Gasteiger partial charge on any atom is -0.481 e. The number of carbonyl (C=O) groups is 2. The Morgan fingerprint density at radius 3 is 2.25 bits per heavy atom. The summed E-state index contributed by atoms with van der Waals surface area (Å²) in [6, 6.07) is 21.6. The first-order chi connectivity index (χ1) is 13.5. The van der Waals surface area contributed by atoms with Crippen LogP contribution < -0.4 is 4.74 Å². The predicted octanol–water partition coefficient (Wildman–Crippen LogP) is 5.47. The van der Waals surface area contributed by atoms with E-state index in [1.165, 1.54) is 18.2 Å². The molecule has 0 unspecified atom stereocenters. The standard InChI is InChI=1S/C22H16Cl2O4/c23-18-11-10-16(12-19(18)24)20(25)13-28-22(26)14-27-21-9-5-4-8-17(21)15-6-2-1-3-7-15/h1-12H,13-14H2. The molecule has 28 heavy (non-hydrogen) atoms. The fourth-order valence-electron chi connectivity index (χ4n) is 2.53. The van der Waals surface area contributed by atoms with Crippen molar-refractivity contribution in [3.8, 4) is 16.9 Å². The van der Waals surface area contributed by atoms with Gasteiger partial charge in [-0.1, -0.05) is 71.7 Å². The van der Waals surface area contributed by atoms with Crippen LogP contribution in [0.15, 0.2) is 72.8 Å². The molecule has 3 aromatic rings. The number of benzene rings is 3. The highest BCUT2D eigenvalue weighted by atomic mass is 35.5. The molecule has 0 aliphatic carbocycles. The zero-order chi connectivity index (χ0) is 19.9. The Balaban J connectivity index is 1.56. The molecule has 0 bridgehead atoms. The second-order valence-corrected chi connectivity index (χ2v) is 6.68. The molecule has 142 valence electrons. The zero-order valence-corrected chi connectivity index (χ0v) is 16.2. The van der Waals surface area contributed by atoms with Crippen LogP contribution >= 0.6 is 23.2 Å². The number of Topliss-reactive ketones (excluding diaryl/α,β-unsaturated/α-hetero) is 1. The lowest BCUT2D eigenvalue weighted by Crippen LogP contribution is -2.19. The van der Waals surface area contributed by atoms with Gasteiger partial charge in [0.15, 0.2) is 19.0 Å². The van der Waals surface area contributed by atoms with Gasteiger partial charge in [-0.05, 0) is 29.8 Å². The highest BCUT2D eigenvalue weighted by Crippen LogP contribution is 2.29. The molecule has 4 nitrogen and oxygen atoms in total. The fraction of sp³-hybridized carbons (Fsp3) is 0.0909. The molecule has 0 saturated heterocycles. The van der Waals surface area contributed by atoms with Crippen molar-refractivity contribution in [2.45, 2.75) is 0 Å². The number of halogens is 2. The molecule has 0 aromatic heterocycles. The van der Waals surface area contributed by atoms with Gasteiger partial charge in [-0.3, -0.25) is 4.79 Å². The van der Waals surface area contributed by atoms with Crippen molar-refractivity contribution in [1.82, 2.24) is 0 Å². The molecule has 0 N–H and O–H groups in total. The van der Waals surface area contributed by atoms with Gasteiger partial charge >= 0.3 is 5.97 Å². The van der Waals surface area contributed by atoms with Crippen LogP contribution in [0.3, 0.4) is 0 Å². The van der Waals surface area contributed by atoms with Crippen molar-refractivity contribution in [3.63, 3.8) is 0 Å². The summed E-state index contributed by atoms with van der Waals surface area (Å²) >= 11 is 11.7. The summed E-state index contributed by atoms with van der Waals surface area (Å²) in [4.78, 5) is 24.1. The maximum atomic E-state index is 12.1. The molecule has 0 aliphatic rings. The molecule has 3 aromatic carbocycles. The van der Waals surface area contributed by atoms with Gasteiger partial charge < -0.3 is 9.47 Å². The van der Waals surface area contributed by atoms with E-state index in [0.29, 0.717) is 16.3 Å². The molecule has 0 spiro atoms. The van der Waals surface area contributed by atoms with E-state index in [1.54, 1.807) is 6.07 Å². The third kappa shape index (κ3) is 5.12. The number of ketones is 1. The molecular weight excluding hydrogens is 399 g/mol. The van der Waals surface area contributed by atoms with Crippen LogP contribution in [0, 0.1) is 0 Å². The summed E-state index contributed by atoms with van der Waals surface area (Å²) in [5.74, 6) is -0.464. The minimum absolute atomic E-state index is 0.264. The van der Waals surface area contributed by atoms with Crippen LogP contribution in [-0.4, -0.2) is 25.0 Å². The maximum absolute atomic E-state index is 12.1. The third-order valence-electron chi connectivity index (χ3n) is 3.92. The number of hydrogen-bond acceptors (Lipinski definition) is 4. The Morgan fingerprint density at radius 1 is 0.786 bits per heavy atom. The van der Waals surface area contributed by atoms with Crippen LogP contribution in [0.1, 0.15) is 10.4 Å². The first kappa shape index (κ1) is 19.9. The van der Waals surface area contributed by atoms with Crippen molar-refractivity contribution >= 4 is 35.0 Å². The number of esters is 1. The van der Waals surface area contributed by atoms with Crippen LogP contribution in [0.5, 0.6) is 5.75 Å². The molecule has 0 fully saturated rings. The molecule has 3 rings (SSSR count). The van der Waals surface area contributed by atoms with E-state index in [0.717, 1.165) is 11.1 Å². The zero-order valence-electron chi connectivity index (χ0n) is 14.7. The summed E-state index contributed by atoms with van der Waals surface area (Å²) in [7, 11) is 0. The van der Waals surface area contributed by atoms with Gasteiger partial charge in [-0.2, -0.15) is 0 Å². The van der Waals surface area contributed by atoms with Gasteiger partial charge in [0.05, 0.1) is 10.0 Å². The molecule has 0 saturated carbocycles. The van der Waals surface area contributed by atoms with E-state index in [1.807, 2.05) is 48.5 Å². The van der Waals surface area contributed by atoms with Crippen molar-refractivity contribution in [2.24, 2.45) is 0 Å². The Labute approximate surface area is 172 Å². The van der Waals surface area contributed by atoms with Gasteiger partial charge in [0.2, 0.25) is 0 Å². The topological polar surface area (TPSA) is 52.6 Å². The van der Waals surface area contributed by atoms with Crippen LogP contribution in [-0.2, 0) is 9.53 Å². The molecule has 0 amide bonds. The highest BCUT2D eigenvalue weighted by molar-refractivity contribution is 6.42. The minimum atomic E-state index is -0.642. The fourth-order valence-corrected chi connectivity index (χ4v) is 2.82. The Bertz CT molecular complexity index is 987. The van der Waals surface area contributed by atoms with Gasteiger partial charge in [0.25, 0.3) is 0 Å². The normalized spacial score (nSPS) is 10.4. The van der Waals surface area contributed by atoms with Crippen LogP contribution in [0.25, 0.3) is 11.1 Å². The second-order valence-electron chi connectivity index (χ2n) is 5.86. The average molecular weight is 415 g/mol. The Morgan fingerprint density at radius 2 is 1.50 bits per heavy atom. The number of hydrogen-bond donors (Lipinski definition) is 0. The van der Waals surface area contributed by atoms with Crippen molar-refractivity contribution in [3.05, 3.63) is 88.4 Å². The Kier molecular flexibility index (Phi) is 6.69. The van der Waals surface area contributed by atoms with Crippen LogP contribution in [0.2, 0.25) is 10.0 Å². The lowest BCUT2D eigenvalue weighted by molar-refractivity contribution is -0.144. The summed E-state index contributed by atoms with van der Waals surface area (Å²) < 4.78 is 10.6. The lowest BCUT2D eigenvalue weighted by atomic mass is 10.1. The smallest absolute Gasteiger partial charge is 0.344 e. The summed E-state index contributed by atoms with van der Waals surface area (Å²) in [6.45, 7) is -0.709. The average Bonchev–Trinajstić information content (AvgIpc) is 2.73. The van der Waals surface area contributed by atoms with E-state index in [2.05, 4.69) is 0 Å². The molecule has 0 aliphatic heterocycles. The number of rotatable bonds is 7. The highest BCUT2D eigenvalue weighted by Gasteiger charge is 2.13. The van der Waals surface area contributed by atoms with Gasteiger partial charge in [0.1, 0.15) is 5.75 Å². The van der Waals surface area contributed by atoms with E-state index in [4.69, 9.17) is 32.7 Å². The number of carbonyl (C=O) groups excluding carboxylic acids is 2. The van der Waals surface area contributed by atoms with E-state index in [-0.39, 0.29) is 17.4 Å². The van der Waals surface area contributed by atoms with Crippen molar-refractivity contribution < 1.29 is 19.1 Å². The third-order valence-corrected chi connectivity index (χ3v) is 4.66. The summed E-state index contributed by atoms with van der Waals surface area (Å²) in [5, 5.41) is 0.611. The Hall–Kier alpha value is -2.82. The first-order valence-corrected chi connectivity index (χ1v) is 9.21. The largest absolute Gasteiger partial charge is 0.481 e. The van der Waals surface area contributed by atoms with E-state index < -0.39 is 12.6 Å². The molecule has 6 heteroatoms. The lowest BCUT2D eigenvalue weighted by Gasteiger charge is -2.11. The van der Waals surface area contributed by atoms with Crippen molar-refractivity contribution in [1.29, 1.82) is 0 Å². The second kappa shape index (κ2) is 9.40. The SMILES string of the molecule is O=C(COc1ccccc1-c1ccccc1)OCC(=O)c1ccc(Cl)c(Cl)c1.